The van der Waals surface area contributed by atoms with Gasteiger partial charge in [-0.25, -0.2) is 8.42 Å². The third-order valence-corrected chi connectivity index (χ3v) is 5.93. The molecule has 6 heteroatoms. The second-order valence-electron chi connectivity index (χ2n) is 3.78. The smallest absolute Gasteiger partial charge is 0.252 e. The third-order valence-electron chi connectivity index (χ3n) is 2.32. The van der Waals surface area contributed by atoms with Crippen molar-refractivity contribution in [1.29, 1.82) is 0 Å². The number of sulfonamides is 1. The molecule has 0 aliphatic carbocycles. The van der Waals surface area contributed by atoms with E-state index in [1.54, 1.807) is 11.4 Å². The summed E-state index contributed by atoms with van der Waals surface area (Å²) in [6.07, 6.45) is 0. The van der Waals surface area contributed by atoms with E-state index in [1.807, 2.05) is 20.8 Å². The number of nitrogens with zero attached hydrogens (tertiary/aromatic N) is 1. The molecule has 2 N–H and O–H groups in total. The van der Waals surface area contributed by atoms with Crippen LogP contribution in [0, 0.1) is 0 Å². The van der Waals surface area contributed by atoms with E-state index >= 15 is 0 Å². The monoisotopic (exact) mass is 262 g/mol. The lowest BCUT2D eigenvalue weighted by atomic mass is 10.4. The van der Waals surface area contributed by atoms with E-state index in [4.69, 9.17) is 5.73 Å². The highest BCUT2D eigenvalue weighted by Gasteiger charge is 2.26. The summed E-state index contributed by atoms with van der Waals surface area (Å²) in [5.41, 5.74) is 6.34. The van der Waals surface area contributed by atoms with Crippen LogP contribution < -0.4 is 5.73 Å². The minimum atomic E-state index is -3.34. The Labute approximate surface area is 101 Å². The predicted molar refractivity (Wildman–Crippen MR) is 66.9 cm³/mol. The molecule has 1 heterocycles. The van der Waals surface area contributed by atoms with Gasteiger partial charge < -0.3 is 5.73 Å². The minimum Gasteiger partial charge on any atom is -0.326 e. The van der Waals surface area contributed by atoms with E-state index in [-0.39, 0.29) is 6.04 Å². The van der Waals surface area contributed by atoms with Crippen LogP contribution in [0.4, 0.5) is 0 Å². The van der Waals surface area contributed by atoms with E-state index in [0.717, 1.165) is 5.56 Å². The highest BCUT2D eigenvalue weighted by Crippen LogP contribution is 2.24. The summed E-state index contributed by atoms with van der Waals surface area (Å²) >= 11 is 1.23. The largest absolute Gasteiger partial charge is 0.326 e. The summed E-state index contributed by atoms with van der Waals surface area (Å²) in [4.78, 5) is 0. The van der Waals surface area contributed by atoms with Crippen molar-refractivity contribution in [2.75, 3.05) is 6.54 Å². The summed E-state index contributed by atoms with van der Waals surface area (Å²) in [6, 6.07) is 1.63. The molecule has 4 nitrogen and oxygen atoms in total. The van der Waals surface area contributed by atoms with Crippen LogP contribution in [0.15, 0.2) is 15.7 Å². The van der Waals surface area contributed by atoms with Gasteiger partial charge in [0, 0.05) is 19.1 Å². The fourth-order valence-corrected chi connectivity index (χ4v) is 4.52. The van der Waals surface area contributed by atoms with E-state index < -0.39 is 10.0 Å². The third kappa shape index (κ3) is 2.63. The molecule has 0 radical (unpaired) electrons. The van der Waals surface area contributed by atoms with Crippen molar-refractivity contribution in [2.24, 2.45) is 5.73 Å². The van der Waals surface area contributed by atoms with Gasteiger partial charge in [-0.1, -0.05) is 6.92 Å². The molecule has 0 fully saturated rings. The van der Waals surface area contributed by atoms with Crippen LogP contribution in [0.5, 0.6) is 0 Å². The SMILES string of the molecule is CCN(C(C)C)S(=O)(=O)c1cc(CN)cs1. The lowest BCUT2D eigenvalue weighted by Crippen LogP contribution is -2.36. The van der Waals surface area contributed by atoms with Gasteiger partial charge in [0.05, 0.1) is 0 Å². The molecule has 0 bridgehead atoms. The van der Waals surface area contributed by atoms with Crippen LogP contribution in [-0.2, 0) is 16.6 Å². The summed E-state index contributed by atoms with van der Waals surface area (Å²) in [7, 11) is -3.34. The standard InChI is InChI=1S/C10H18N2O2S2/c1-4-12(8(2)3)16(13,14)10-5-9(6-11)7-15-10/h5,7-8H,4,6,11H2,1-3H3. The highest BCUT2D eigenvalue weighted by atomic mass is 32.2. The predicted octanol–water partition coefficient (Wildman–Crippen LogP) is 1.63. The minimum absolute atomic E-state index is 0.0292. The van der Waals surface area contributed by atoms with Gasteiger partial charge in [-0.15, -0.1) is 11.3 Å². The molecule has 0 spiro atoms. The van der Waals surface area contributed by atoms with E-state index in [9.17, 15) is 8.42 Å². The van der Waals surface area contributed by atoms with Crippen LogP contribution >= 0.6 is 11.3 Å². The zero-order valence-corrected chi connectivity index (χ0v) is 11.4. The van der Waals surface area contributed by atoms with Crippen molar-refractivity contribution >= 4 is 21.4 Å². The van der Waals surface area contributed by atoms with Gasteiger partial charge in [0.2, 0.25) is 0 Å². The molecule has 0 unspecified atom stereocenters. The maximum absolute atomic E-state index is 12.2. The molecule has 92 valence electrons. The van der Waals surface area contributed by atoms with Gasteiger partial charge in [-0.3, -0.25) is 0 Å². The molecule has 0 aliphatic heterocycles. The first-order valence-corrected chi connectivity index (χ1v) is 7.54. The second kappa shape index (κ2) is 5.27. The molecule has 0 atom stereocenters. The maximum Gasteiger partial charge on any atom is 0.252 e. The fourth-order valence-electron chi connectivity index (χ4n) is 1.52. The molecule has 0 saturated heterocycles. The quantitative estimate of drug-likeness (QED) is 0.877. The van der Waals surface area contributed by atoms with Gasteiger partial charge in [0.25, 0.3) is 10.0 Å². The summed E-state index contributed by atoms with van der Waals surface area (Å²) in [5.74, 6) is 0. The number of hydrogen-bond acceptors (Lipinski definition) is 4. The van der Waals surface area contributed by atoms with Gasteiger partial charge in [-0.2, -0.15) is 4.31 Å². The van der Waals surface area contributed by atoms with Crippen LogP contribution in [0.2, 0.25) is 0 Å². The first-order chi connectivity index (χ1) is 7.43. The number of nitrogens with two attached hydrogens (primary N) is 1. The molecule has 16 heavy (non-hydrogen) atoms. The molecule has 1 rings (SSSR count). The number of thiophene rings is 1. The molecular formula is C10H18N2O2S2. The Bertz CT molecular complexity index is 437. The molecular weight excluding hydrogens is 244 g/mol. The fraction of sp³-hybridized carbons (Fsp3) is 0.600. The molecule has 1 aromatic heterocycles. The van der Waals surface area contributed by atoms with Crippen molar-refractivity contribution in [3.63, 3.8) is 0 Å². The van der Waals surface area contributed by atoms with Gasteiger partial charge >= 0.3 is 0 Å². The zero-order chi connectivity index (χ0) is 12.3. The zero-order valence-electron chi connectivity index (χ0n) is 9.80. The van der Waals surface area contributed by atoms with Crippen molar-refractivity contribution in [2.45, 2.75) is 37.6 Å². The summed E-state index contributed by atoms with van der Waals surface area (Å²) in [5, 5.41) is 1.79. The van der Waals surface area contributed by atoms with Crippen molar-refractivity contribution < 1.29 is 8.42 Å². The van der Waals surface area contributed by atoms with E-state index in [0.29, 0.717) is 17.3 Å². The normalized spacial score (nSPS) is 12.6. The van der Waals surface area contributed by atoms with Crippen LogP contribution in [0.1, 0.15) is 26.3 Å². The Morgan fingerprint density at radius 1 is 1.50 bits per heavy atom. The Kier molecular flexibility index (Phi) is 4.49. The second-order valence-corrected chi connectivity index (χ2v) is 6.81. The number of rotatable bonds is 5. The molecule has 0 saturated carbocycles. The van der Waals surface area contributed by atoms with Crippen molar-refractivity contribution in [3.8, 4) is 0 Å². The van der Waals surface area contributed by atoms with E-state index in [2.05, 4.69) is 0 Å². The summed E-state index contributed by atoms with van der Waals surface area (Å²) in [6.45, 7) is 6.45. The lowest BCUT2D eigenvalue weighted by Gasteiger charge is -2.23. The van der Waals surface area contributed by atoms with Gasteiger partial charge in [0.15, 0.2) is 0 Å². The highest BCUT2D eigenvalue weighted by molar-refractivity contribution is 7.91. The molecule has 0 aromatic carbocycles. The topological polar surface area (TPSA) is 63.4 Å². The maximum atomic E-state index is 12.2. The molecule has 0 amide bonds. The number of hydrogen-bond donors (Lipinski definition) is 1. The Balaban J connectivity index is 3.09. The van der Waals surface area contributed by atoms with Crippen LogP contribution in [-0.4, -0.2) is 25.3 Å². The first-order valence-electron chi connectivity index (χ1n) is 5.22. The van der Waals surface area contributed by atoms with Crippen molar-refractivity contribution in [3.05, 3.63) is 17.0 Å². The van der Waals surface area contributed by atoms with Crippen LogP contribution in [0.25, 0.3) is 0 Å². The average molecular weight is 262 g/mol. The van der Waals surface area contributed by atoms with E-state index in [1.165, 1.54) is 15.6 Å². The Morgan fingerprint density at radius 3 is 2.50 bits per heavy atom. The Hall–Kier alpha value is -0.430. The summed E-state index contributed by atoms with van der Waals surface area (Å²) < 4.78 is 26.3. The first kappa shape index (κ1) is 13.6. The molecule has 0 aliphatic rings. The average Bonchev–Trinajstić information content (AvgIpc) is 2.66. The van der Waals surface area contributed by atoms with Crippen LogP contribution in [0.3, 0.4) is 0 Å². The molecule has 1 aromatic rings. The lowest BCUT2D eigenvalue weighted by molar-refractivity contribution is 0.370. The van der Waals surface area contributed by atoms with Gasteiger partial charge in [0.1, 0.15) is 4.21 Å². The van der Waals surface area contributed by atoms with Gasteiger partial charge in [-0.05, 0) is 30.9 Å². The van der Waals surface area contributed by atoms with Crippen molar-refractivity contribution in [1.82, 2.24) is 4.31 Å². The Morgan fingerprint density at radius 2 is 2.12 bits per heavy atom.